The van der Waals surface area contributed by atoms with E-state index in [4.69, 9.17) is 14.5 Å². The van der Waals surface area contributed by atoms with E-state index in [1.54, 1.807) is 0 Å². The van der Waals surface area contributed by atoms with Gasteiger partial charge in [0, 0.05) is 11.5 Å². The monoisotopic (exact) mass is 743 g/mol. The number of unbranched alkanes of at least 4 members (excludes halogenated alkanes) is 12. The summed E-state index contributed by atoms with van der Waals surface area (Å²) in [5, 5.41) is 10.8. The number of hydrogen-bond acceptors (Lipinski definition) is 6. The third kappa shape index (κ3) is 17.8. The van der Waals surface area contributed by atoms with Gasteiger partial charge in [0.05, 0.1) is 12.8 Å². The van der Waals surface area contributed by atoms with Gasteiger partial charge < -0.3 is 9.84 Å². The van der Waals surface area contributed by atoms with Crippen LogP contribution in [0.3, 0.4) is 0 Å². The van der Waals surface area contributed by atoms with Crippen molar-refractivity contribution in [1.29, 1.82) is 0 Å². The predicted octanol–water partition coefficient (Wildman–Crippen LogP) is 13.9. The molecule has 0 amide bonds. The molecule has 0 saturated heterocycles. The molecule has 6 heteroatoms. The van der Waals surface area contributed by atoms with Crippen LogP contribution in [0.25, 0.3) is 0 Å². The van der Waals surface area contributed by atoms with Crippen LogP contribution in [0.1, 0.15) is 218 Å². The van der Waals surface area contributed by atoms with Gasteiger partial charge in [-0.1, -0.05) is 157 Å². The van der Waals surface area contributed by atoms with Gasteiger partial charge >= 0.3 is 11.9 Å². The minimum Gasteiger partial charge on any atom is -0.507 e. The smallest absolute Gasteiger partial charge is 0.356 e. The van der Waals surface area contributed by atoms with Crippen LogP contribution in [0, 0.1) is 44.4 Å². The third-order valence-corrected chi connectivity index (χ3v) is 12.4. The van der Waals surface area contributed by atoms with E-state index in [-0.39, 0.29) is 18.8 Å². The van der Waals surface area contributed by atoms with Crippen molar-refractivity contribution in [2.24, 2.45) is 23.7 Å². The Morgan fingerprint density at radius 2 is 1.17 bits per heavy atom. The van der Waals surface area contributed by atoms with E-state index in [2.05, 4.69) is 41.5 Å². The molecule has 1 aromatic carbocycles. The van der Waals surface area contributed by atoms with Gasteiger partial charge in [0.15, 0.2) is 0 Å². The Labute approximate surface area is 326 Å². The number of carbonyl (C=O) groups is 2. The van der Waals surface area contributed by atoms with Crippen molar-refractivity contribution in [2.45, 2.75) is 228 Å². The van der Waals surface area contributed by atoms with E-state index in [0.29, 0.717) is 18.1 Å². The lowest BCUT2D eigenvalue weighted by molar-refractivity contribution is -0.260. The molecule has 306 valence electrons. The van der Waals surface area contributed by atoms with Gasteiger partial charge in [-0.25, -0.2) is 19.4 Å². The average molecular weight is 743 g/mol. The molecule has 4 atom stereocenters. The van der Waals surface area contributed by atoms with Gasteiger partial charge in [0.1, 0.15) is 17.1 Å². The number of aromatic hydroxyl groups is 1. The zero-order valence-corrected chi connectivity index (χ0v) is 36.0. The Hall–Kier alpha value is -2.24. The topological polar surface area (TPSA) is 82.1 Å². The largest absolute Gasteiger partial charge is 0.507 e. The summed E-state index contributed by atoms with van der Waals surface area (Å²) in [5.74, 6) is 2.15. The van der Waals surface area contributed by atoms with Crippen LogP contribution >= 0.6 is 0 Å². The minimum atomic E-state index is -0.587. The molecule has 1 unspecified atom stereocenters. The van der Waals surface area contributed by atoms with Gasteiger partial charge in [-0.2, -0.15) is 0 Å². The standard InChI is InChI=1S/C47H82O6/c1-10-11-12-13-14-15-16-17-18-19-20-21-22-31-43(48)52-53-44(49)34-41-33-42-40(8)45(50)38(6)39(7)46(42)51-47(41,9)32-25-30-37(5)29-24-28-36(4)27-23-26-35(2)3/h35-37,41,50H,10-34H2,1-9H3/t36-,37+,41?,47-/m0/s1. The summed E-state index contributed by atoms with van der Waals surface area (Å²) >= 11 is 0. The Morgan fingerprint density at radius 3 is 1.72 bits per heavy atom. The van der Waals surface area contributed by atoms with Gasteiger partial charge in [-0.05, 0) is 87.8 Å². The number of ether oxygens (including phenoxy) is 1. The molecule has 1 N–H and O–H groups in total. The molecule has 1 aromatic rings. The number of fused-ring (bicyclic) bond motifs is 1. The van der Waals surface area contributed by atoms with Crippen LogP contribution < -0.4 is 4.74 Å². The van der Waals surface area contributed by atoms with E-state index in [1.165, 1.54) is 103 Å². The highest BCUT2D eigenvalue weighted by Crippen LogP contribution is 2.48. The summed E-state index contributed by atoms with van der Waals surface area (Å²) in [6.45, 7) is 19.6. The van der Waals surface area contributed by atoms with Crippen LogP contribution in [0.4, 0.5) is 0 Å². The number of hydrogen-bond donors (Lipinski definition) is 1. The SMILES string of the molecule is CCCCCCCCCCCCCCCC(=O)OOC(=O)CC1Cc2c(C)c(O)c(C)c(C)c2O[C@@]1(C)CCC[C@H](C)CCC[C@@H](C)CCCC(C)C. The maximum absolute atomic E-state index is 13.1. The molecule has 0 aromatic heterocycles. The fraction of sp³-hybridized carbons (Fsp3) is 0.830. The molecule has 2 rings (SSSR count). The maximum atomic E-state index is 13.1. The fourth-order valence-corrected chi connectivity index (χ4v) is 8.31. The van der Waals surface area contributed by atoms with E-state index >= 15 is 0 Å². The Morgan fingerprint density at radius 1 is 0.679 bits per heavy atom. The third-order valence-electron chi connectivity index (χ3n) is 12.4. The van der Waals surface area contributed by atoms with Gasteiger partial charge in [0.2, 0.25) is 0 Å². The van der Waals surface area contributed by atoms with Crippen molar-refractivity contribution in [3.63, 3.8) is 0 Å². The van der Waals surface area contributed by atoms with Crippen molar-refractivity contribution in [2.75, 3.05) is 0 Å². The second-order valence-electron chi connectivity index (χ2n) is 17.8. The zero-order valence-electron chi connectivity index (χ0n) is 36.0. The molecule has 0 radical (unpaired) electrons. The highest BCUT2D eigenvalue weighted by atomic mass is 17.2. The van der Waals surface area contributed by atoms with Crippen molar-refractivity contribution in [3.8, 4) is 11.5 Å². The first-order valence-electron chi connectivity index (χ1n) is 22.2. The first-order chi connectivity index (χ1) is 25.3. The summed E-state index contributed by atoms with van der Waals surface area (Å²) in [5.41, 5.74) is 2.96. The molecule has 53 heavy (non-hydrogen) atoms. The fourth-order valence-electron chi connectivity index (χ4n) is 8.31. The maximum Gasteiger partial charge on any atom is 0.356 e. The summed E-state index contributed by atoms with van der Waals surface area (Å²) < 4.78 is 6.86. The molecular weight excluding hydrogens is 661 g/mol. The normalized spacial score (nSPS) is 18.0. The summed E-state index contributed by atoms with van der Waals surface area (Å²) in [6, 6.07) is 0. The quantitative estimate of drug-likeness (QED) is 0.0523. The Kier molecular flexibility index (Phi) is 22.8. The lowest BCUT2D eigenvalue weighted by Crippen LogP contribution is -2.46. The van der Waals surface area contributed by atoms with E-state index in [0.717, 1.165) is 78.4 Å². The Bertz CT molecular complexity index is 1190. The highest BCUT2D eigenvalue weighted by molar-refractivity contribution is 5.73. The van der Waals surface area contributed by atoms with E-state index < -0.39 is 17.5 Å². The van der Waals surface area contributed by atoms with Crippen molar-refractivity contribution in [1.82, 2.24) is 0 Å². The summed E-state index contributed by atoms with van der Waals surface area (Å²) in [4.78, 5) is 35.6. The van der Waals surface area contributed by atoms with Crippen LogP contribution in [0.2, 0.25) is 0 Å². The zero-order chi connectivity index (χ0) is 39.2. The highest BCUT2D eigenvalue weighted by Gasteiger charge is 2.44. The lowest BCUT2D eigenvalue weighted by atomic mass is 9.74. The van der Waals surface area contributed by atoms with E-state index in [9.17, 15) is 14.7 Å². The summed E-state index contributed by atoms with van der Waals surface area (Å²) in [6.07, 6.45) is 27.8. The number of rotatable bonds is 28. The second-order valence-corrected chi connectivity index (χ2v) is 17.8. The molecule has 1 heterocycles. The number of phenolic OH excluding ortho intramolecular Hbond substituents is 1. The molecule has 0 saturated carbocycles. The number of benzene rings is 1. The van der Waals surface area contributed by atoms with Crippen LogP contribution in [-0.2, 0) is 25.8 Å². The van der Waals surface area contributed by atoms with Crippen molar-refractivity contribution >= 4 is 11.9 Å². The molecule has 0 fully saturated rings. The van der Waals surface area contributed by atoms with Crippen molar-refractivity contribution in [3.05, 3.63) is 22.3 Å². The van der Waals surface area contributed by atoms with Crippen LogP contribution in [-0.4, -0.2) is 22.6 Å². The molecule has 1 aliphatic heterocycles. The van der Waals surface area contributed by atoms with Gasteiger partial charge in [0.25, 0.3) is 0 Å². The first kappa shape index (κ1) is 46.9. The van der Waals surface area contributed by atoms with Crippen LogP contribution in [0.15, 0.2) is 0 Å². The first-order valence-corrected chi connectivity index (χ1v) is 22.2. The predicted molar refractivity (Wildman–Crippen MR) is 220 cm³/mol. The molecular formula is C47H82O6. The molecule has 6 nitrogen and oxygen atoms in total. The van der Waals surface area contributed by atoms with Gasteiger partial charge in [-0.3, -0.25) is 0 Å². The Balaban J connectivity index is 1.82. The number of phenols is 1. The van der Waals surface area contributed by atoms with Crippen molar-refractivity contribution < 1.29 is 29.2 Å². The van der Waals surface area contributed by atoms with E-state index in [1.807, 2.05) is 20.8 Å². The average Bonchev–Trinajstić information content (AvgIpc) is 3.11. The molecule has 1 aliphatic rings. The van der Waals surface area contributed by atoms with Gasteiger partial charge in [-0.15, -0.1) is 0 Å². The minimum absolute atomic E-state index is 0.0827. The summed E-state index contributed by atoms with van der Waals surface area (Å²) in [7, 11) is 0. The van der Waals surface area contributed by atoms with Crippen LogP contribution in [0.5, 0.6) is 11.5 Å². The molecule has 0 bridgehead atoms. The molecule has 0 spiro atoms. The number of carbonyl (C=O) groups excluding carboxylic acids is 2. The molecule has 0 aliphatic carbocycles. The lowest BCUT2D eigenvalue weighted by Gasteiger charge is -2.44. The second kappa shape index (κ2) is 25.8.